The molecule has 1 heteroatoms. The van der Waals surface area contributed by atoms with Crippen LogP contribution < -0.4 is 5.73 Å². The molecule has 18 heavy (non-hydrogen) atoms. The molecular formula is C17H29N. The summed E-state index contributed by atoms with van der Waals surface area (Å²) in [4.78, 5) is 0. The maximum absolute atomic E-state index is 6.03. The second kappa shape index (κ2) is 8.31. The molecule has 0 bridgehead atoms. The van der Waals surface area contributed by atoms with Crippen molar-refractivity contribution in [3.63, 3.8) is 0 Å². The third kappa shape index (κ3) is 5.22. The van der Waals surface area contributed by atoms with Crippen LogP contribution in [0.15, 0.2) is 18.2 Å². The average molecular weight is 247 g/mol. The number of unbranched alkanes of at least 4 members (excludes halogenated alkanes) is 3. The monoisotopic (exact) mass is 247 g/mol. The van der Waals surface area contributed by atoms with E-state index in [1.807, 2.05) is 0 Å². The molecule has 0 aliphatic carbocycles. The van der Waals surface area contributed by atoms with Gasteiger partial charge >= 0.3 is 0 Å². The van der Waals surface area contributed by atoms with E-state index in [9.17, 15) is 0 Å². The van der Waals surface area contributed by atoms with Crippen LogP contribution in [0, 0.1) is 0 Å². The van der Waals surface area contributed by atoms with E-state index in [1.54, 1.807) is 0 Å². The number of benzene rings is 1. The van der Waals surface area contributed by atoms with Gasteiger partial charge in [-0.2, -0.15) is 0 Å². The maximum atomic E-state index is 6.03. The molecule has 0 saturated carbocycles. The van der Waals surface area contributed by atoms with Gasteiger partial charge in [0.15, 0.2) is 0 Å². The third-order valence-electron chi connectivity index (χ3n) is 3.49. The van der Waals surface area contributed by atoms with Gasteiger partial charge in [-0.1, -0.05) is 51.3 Å². The summed E-state index contributed by atoms with van der Waals surface area (Å²) >= 11 is 0. The fourth-order valence-electron chi connectivity index (χ4n) is 2.30. The molecule has 0 radical (unpaired) electrons. The van der Waals surface area contributed by atoms with E-state index in [-0.39, 0.29) is 6.04 Å². The maximum Gasteiger partial charge on any atom is 0.0266 e. The van der Waals surface area contributed by atoms with E-state index < -0.39 is 0 Å². The lowest BCUT2D eigenvalue weighted by atomic mass is 9.96. The number of rotatable bonds is 8. The standard InChI is InChI=1S/C17H29N/c1-4-6-8-10-16-11-15(9-7-5-2)12-17(13-16)14(3)18/h11-14H,4-10,18H2,1-3H3. The summed E-state index contributed by atoms with van der Waals surface area (Å²) in [7, 11) is 0. The first-order valence-electron chi connectivity index (χ1n) is 7.55. The van der Waals surface area contributed by atoms with Gasteiger partial charge in [0.05, 0.1) is 0 Å². The lowest BCUT2D eigenvalue weighted by molar-refractivity contribution is 0.713. The van der Waals surface area contributed by atoms with Crippen molar-refractivity contribution in [1.29, 1.82) is 0 Å². The minimum Gasteiger partial charge on any atom is -0.324 e. The molecule has 0 spiro atoms. The van der Waals surface area contributed by atoms with E-state index in [0.29, 0.717) is 0 Å². The minimum atomic E-state index is 0.150. The van der Waals surface area contributed by atoms with E-state index in [0.717, 1.165) is 0 Å². The van der Waals surface area contributed by atoms with E-state index >= 15 is 0 Å². The molecule has 0 aliphatic rings. The van der Waals surface area contributed by atoms with Crippen molar-refractivity contribution in [1.82, 2.24) is 0 Å². The highest BCUT2D eigenvalue weighted by Gasteiger charge is 2.05. The van der Waals surface area contributed by atoms with Gasteiger partial charge in [-0.15, -0.1) is 0 Å². The van der Waals surface area contributed by atoms with Gasteiger partial charge in [0.2, 0.25) is 0 Å². The summed E-state index contributed by atoms with van der Waals surface area (Å²) in [5.74, 6) is 0. The Morgan fingerprint density at radius 3 is 1.94 bits per heavy atom. The Labute approximate surface area is 113 Å². The van der Waals surface area contributed by atoms with Gasteiger partial charge in [-0.3, -0.25) is 0 Å². The predicted molar refractivity (Wildman–Crippen MR) is 80.9 cm³/mol. The zero-order chi connectivity index (χ0) is 13.4. The molecule has 1 rings (SSSR count). The highest BCUT2D eigenvalue weighted by Crippen LogP contribution is 2.19. The molecule has 0 heterocycles. The quantitative estimate of drug-likeness (QED) is 0.657. The number of nitrogens with two attached hydrogens (primary N) is 1. The summed E-state index contributed by atoms with van der Waals surface area (Å²) < 4.78 is 0. The SMILES string of the molecule is CCCCCc1cc(CCCC)cc(C(C)N)c1. The fraction of sp³-hybridized carbons (Fsp3) is 0.647. The van der Waals surface area contributed by atoms with Crippen molar-refractivity contribution in [2.45, 2.75) is 71.8 Å². The van der Waals surface area contributed by atoms with Gasteiger partial charge in [-0.25, -0.2) is 0 Å². The molecule has 1 unspecified atom stereocenters. The normalized spacial score (nSPS) is 12.7. The summed E-state index contributed by atoms with van der Waals surface area (Å²) in [6, 6.07) is 7.13. The largest absolute Gasteiger partial charge is 0.324 e. The number of hydrogen-bond donors (Lipinski definition) is 1. The van der Waals surface area contributed by atoms with Crippen molar-refractivity contribution in [3.05, 3.63) is 34.9 Å². The van der Waals surface area contributed by atoms with E-state index in [2.05, 4.69) is 39.0 Å². The Morgan fingerprint density at radius 2 is 1.44 bits per heavy atom. The van der Waals surface area contributed by atoms with Crippen LogP contribution in [0.4, 0.5) is 0 Å². The van der Waals surface area contributed by atoms with Gasteiger partial charge in [0.25, 0.3) is 0 Å². The van der Waals surface area contributed by atoms with Crippen molar-refractivity contribution >= 4 is 0 Å². The predicted octanol–water partition coefficient (Wildman–Crippen LogP) is 4.78. The third-order valence-corrected chi connectivity index (χ3v) is 3.49. The van der Waals surface area contributed by atoms with Crippen LogP contribution in [0.1, 0.15) is 75.6 Å². The first-order valence-corrected chi connectivity index (χ1v) is 7.55. The van der Waals surface area contributed by atoms with Crippen molar-refractivity contribution < 1.29 is 0 Å². The molecule has 1 atom stereocenters. The van der Waals surface area contributed by atoms with Gasteiger partial charge in [-0.05, 0) is 49.3 Å². The van der Waals surface area contributed by atoms with Gasteiger partial charge in [0.1, 0.15) is 0 Å². The van der Waals surface area contributed by atoms with Crippen molar-refractivity contribution in [2.75, 3.05) is 0 Å². The Morgan fingerprint density at radius 1 is 0.889 bits per heavy atom. The number of hydrogen-bond acceptors (Lipinski definition) is 1. The number of aryl methyl sites for hydroxylation is 2. The van der Waals surface area contributed by atoms with Crippen molar-refractivity contribution in [3.8, 4) is 0 Å². The van der Waals surface area contributed by atoms with Crippen LogP contribution in [0.25, 0.3) is 0 Å². The van der Waals surface area contributed by atoms with E-state index in [1.165, 1.54) is 61.6 Å². The fourth-order valence-corrected chi connectivity index (χ4v) is 2.30. The van der Waals surface area contributed by atoms with Crippen LogP contribution in [0.2, 0.25) is 0 Å². The van der Waals surface area contributed by atoms with Gasteiger partial charge < -0.3 is 5.73 Å². The summed E-state index contributed by atoms with van der Waals surface area (Å²) in [5.41, 5.74) is 10.3. The van der Waals surface area contributed by atoms with E-state index in [4.69, 9.17) is 5.73 Å². The zero-order valence-electron chi connectivity index (χ0n) is 12.3. The Hall–Kier alpha value is -0.820. The van der Waals surface area contributed by atoms with Crippen LogP contribution in [0.5, 0.6) is 0 Å². The first-order chi connectivity index (χ1) is 8.67. The lowest BCUT2D eigenvalue weighted by Crippen LogP contribution is -2.06. The highest BCUT2D eigenvalue weighted by atomic mass is 14.6. The molecule has 0 aliphatic heterocycles. The first kappa shape index (κ1) is 15.2. The van der Waals surface area contributed by atoms with Crippen LogP contribution >= 0.6 is 0 Å². The highest BCUT2D eigenvalue weighted by molar-refractivity contribution is 5.32. The van der Waals surface area contributed by atoms with Crippen LogP contribution in [-0.4, -0.2) is 0 Å². The van der Waals surface area contributed by atoms with Crippen LogP contribution in [-0.2, 0) is 12.8 Å². The summed E-state index contributed by atoms with van der Waals surface area (Å²) in [6.07, 6.45) is 8.84. The molecule has 102 valence electrons. The molecule has 1 nitrogen and oxygen atoms in total. The minimum absolute atomic E-state index is 0.150. The molecular weight excluding hydrogens is 218 g/mol. The zero-order valence-corrected chi connectivity index (χ0v) is 12.3. The molecule has 0 aromatic heterocycles. The second-order valence-electron chi connectivity index (χ2n) is 5.43. The molecule has 0 amide bonds. The Kier molecular flexibility index (Phi) is 7.04. The Bertz CT molecular complexity index is 341. The lowest BCUT2D eigenvalue weighted by Gasteiger charge is -2.12. The van der Waals surface area contributed by atoms with Crippen LogP contribution in [0.3, 0.4) is 0 Å². The molecule has 1 aromatic carbocycles. The Balaban J connectivity index is 2.77. The summed E-state index contributed by atoms with van der Waals surface area (Å²) in [6.45, 7) is 6.58. The molecule has 0 fully saturated rings. The smallest absolute Gasteiger partial charge is 0.0266 e. The van der Waals surface area contributed by atoms with Crippen molar-refractivity contribution in [2.24, 2.45) is 5.73 Å². The average Bonchev–Trinajstić information content (AvgIpc) is 2.36. The molecule has 0 saturated heterocycles. The summed E-state index contributed by atoms with van der Waals surface area (Å²) in [5, 5.41) is 0. The topological polar surface area (TPSA) is 26.0 Å². The molecule has 2 N–H and O–H groups in total. The van der Waals surface area contributed by atoms with Gasteiger partial charge in [0, 0.05) is 6.04 Å². The second-order valence-corrected chi connectivity index (χ2v) is 5.43. The molecule has 1 aromatic rings.